The van der Waals surface area contributed by atoms with E-state index in [0.29, 0.717) is 6.04 Å². The number of nitrogens with zero attached hydrogens (tertiary/aromatic N) is 2. The van der Waals surface area contributed by atoms with E-state index in [1.807, 2.05) is 11.8 Å². The van der Waals surface area contributed by atoms with Crippen molar-refractivity contribution in [2.24, 2.45) is 4.99 Å². The first-order valence-electron chi connectivity index (χ1n) is 7.86. The fraction of sp³-hybridized carbons (Fsp3) is 0.588. The number of nitrogens with one attached hydrogen (secondary N) is 1. The smallest absolute Gasteiger partial charge is 0.157 e. The van der Waals surface area contributed by atoms with Crippen LogP contribution in [0.2, 0.25) is 0 Å². The molecule has 0 radical (unpaired) electrons. The molecule has 2 aliphatic rings. The third-order valence-electron chi connectivity index (χ3n) is 4.04. The molecule has 1 aromatic carbocycles. The van der Waals surface area contributed by atoms with Gasteiger partial charge in [-0.15, -0.1) is 0 Å². The molecule has 1 unspecified atom stereocenters. The Kier molecular flexibility index (Phi) is 4.55. The highest BCUT2D eigenvalue weighted by molar-refractivity contribution is 8.14. The molecule has 0 bridgehead atoms. The van der Waals surface area contributed by atoms with Gasteiger partial charge in [0.1, 0.15) is 0 Å². The zero-order valence-electron chi connectivity index (χ0n) is 13.0. The van der Waals surface area contributed by atoms with E-state index in [0.717, 1.165) is 24.0 Å². The van der Waals surface area contributed by atoms with Crippen molar-refractivity contribution in [1.29, 1.82) is 0 Å². The van der Waals surface area contributed by atoms with E-state index >= 15 is 0 Å². The summed E-state index contributed by atoms with van der Waals surface area (Å²) in [5.74, 6) is 1.12. The summed E-state index contributed by atoms with van der Waals surface area (Å²) < 4.78 is 0. The molecular formula is C17H25N3S. The van der Waals surface area contributed by atoms with Crippen molar-refractivity contribution in [2.45, 2.75) is 44.8 Å². The minimum Gasteiger partial charge on any atom is -0.359 e. The number of amidine groups is 1. The molecule has 2 aliphatic heterocycles. The number of aliphatic imine (C=N–C) groups is 1. The summed E-state index contributed by atoms with van der Waals surface area (Å²) in [6.07, 6.45) is 2.47. The number of benzene rings is 1. The van der Waals surface area contributed by atoms with Crippen LogP contribution in [0.25, 0.3) is 0 Å². The highest BCUT2D eigenvalue weighted by Gasteiger charge is 2.28. The molecule has 0 aliphatic carbocycles. The lowest BCUT2D eigenvalue weighted by atomic mass is 10.1. The molecule has 114 valence electrons. The molecule has 3 rings (SSSR count). The largest absolute Gasteiger partial charge is 0.359 e. The predicted octanol–water partition coefficient (Wildman–Crippen LogP) is 3.12. The standard InChI is InChI=1S/C17H25N3S/c1-17(2)13-21-16(19-17)18-15-9-6-10-20(12-15)11-14-7-4-3-5-8-14/h3-5,7-8,15H,6,9-13H2,1-2H3,(H,18,19). The molecule has 1 atom stereocenters. The summed E-state index contributed by atoms with van der Waals surface area (Å²) in [6.45, 7) is 7.81. The first kappa shape index (κ1) is 14.9. The van der Waals surface area contributed by atoms with E-state index in [2.05, 4.69) is 54.4 Å². The average molecular weight is 303 g/mol. The molecule has 0 amide bonds. The van der Waals surface area contributed by atoms with Gasteiger partial charge < -0.3 is 5.32 Å². The van der Waals surface area contributed by atoms with E-state index < -0.39 is 0 Å². The van der Waals surface area contributed by atoms with Crippen LogP contribution in [0.15, 0.2) is 35.3 Å². The van der Waals surface area contributed by atoms with Crippen molar-refractivity contribution >= 4 is 16.9 Å². The van der Waals surface area contributed by atoms with Crippen LogP contribution >= 0.6 is 11.8 Å². The first-order chi connectivity index (χ1) is 10.1. The van der Waals surface area contributed by atoms with Gasteiger partial charge in [-0.2, -0.15) is 0 Å². The summed E-state index contributed by atoms with van der Waals surface area (Å²) in [4.78, 5) is 7.49. The van der Waals surface area contributed by atoms with Gasteiger partial charge in [-0.05, 0) is 38.8 Å². The van der Waals surface area contributed by atoms with Crippen LogP contribution in [0.4, 0.5) is 0 Å². The summed E-state index contributed by atoms with van der Waals surface area (Å²) in [6, 6.07) is 11.2. The lowest BCUT2D eigenvalue weighted by molar-refractivity contribution is 0.202. The SMILES string of the molecule is CC1(C)CSC(=NC2CCCN(Cc3ccccc3)C2)N1. The van der Waals surface area contributed by atoms with Crippen LogP contribution in [-0.4, -0.2) is 40.5 Å². The third-order valence-corrected chi connectivity index (χ3v) is 5.39. The second-order valence-electron chi connectivity index (χ2n) is 6.75. The summed E-state index contributed by atoms with van der Waals surface area (Å²) in [5, 5.41) is 4.68. The quantitative estimate of drug-likeness (QED) is 0.930. The van der Waals surface area contributed by atoms with Crippen LogP contribution in [0.1, 0.15) is 32.3 Å². The zero-order chi connectivity index (χ0) is 14.7. The van der Waals surface area contributed by atoms with Crippen LogP contribution in [0.5, 0.6) is 0 Å². The van der Waals surface area contributed by atoms with Gasteiger partial charge >= 0.3 is 0 Å². The number of hydrogen-bond acceptors (Lipinski definition) is 3. The van der Waals surface area contributed by atoms with Crippen molar-refractivity contribution in [1.82, 2.24) is 10.2 Å². The van der Waals surface area contributed by atoms with Crippen molar-refractivity contribution < 1.29 is 0 Å². The van der Waals surface area contributed by atoms with Gasteiger partial charge in [0, 0.05) is 24.4 Å². The minimum atomic E-state index is 0.196. The lowest BCUT2D eigenvalue weighted by Gasteiger charge is -2.31. The van der Waals surface area contributed by atoms with Crippen LogP contribution in [0.3, 0.4) is 0 Å². The summed E-state index contributed by atoms with van der Waals surface area (Å²) in [7, 11) is 0. The Balaban J connectivity index is 1.57. The molecular weight excluding hydrogens is 278 g/mol. The molecule has 2 saturated heterocycles. The van der Waals surface area contributed by atoms with Crippen molar-refractivity contribution in [3.8, 4) is 0 Å². The first-order valence-corrected chi connectivity index (χ1v) is 8.84. The van der Waals surface area contributed by atoms with Crippen molar-refractivity contribution in [3.63, 3.8) is 0 Å². The van der Waals surface area contributed by atoms with Gasteiger partial charge in [-0.3, -0.25) is 9.89 Å². The molecule has 3 nitrogen and oxygen atoms in total. The van der Waals surface area contributed by atoms with Gasteiger partial charge in [-0.25, -0.2) is 0 Å². The highest BCUT2D eigenvalue weighted by atomic mass is 32.2. The van der Waals surface area contributed by atoms with Crippen molar-refractivity contribution in [2.75, 3.05) is 18.8 Å². The van der Waals surface area contributed by atoms with E-state index in [4.69, 9.17) is 4.99 Å². The number of piperidine rings is 1. The average Bonchev–Trinajstić information content (AvgIpc) is 2.79. The van der Waals surface area contributed by atoms with Gasteiger partial charge in [0.2, 0.25) is 0 Å². The zero-order valence-corrected chi connectivity index (χ0v) is 13.8. The molecule has 1 N–H and O–H groups in total. The normalized spacial score (nSPS) is 27.7. The van der Waals surface area contributed by atoms with E-state index in [-0.39, 0.29) is 5.54 Å². The fourth-order valence-corrected chi connectivity index (χ4v) is 4.11. The molecule has 2 fully saturated rings. The summed E-state index contributed by atoms with van der Waals surface area (Å²) >= 11 is 1.87. The fourth-order valence-electron chi connectivity index (χ4n) is 2.97. The second kappa shape index (κ2) is 6.41. The Morgan fingerprint density at radius 2 is 2.14 bits per heavy atom. The van der Waals surface area contributed by atoms with E-state index in [1.165, 1.54) is 24.9 Å². The predicted molar refractivity (Wildman–Crippen MR) is 91.8 cm³/mol. The van der Waals surface area contributed by atoms with Crippen LogP contribution < -0.4 is 5.32 Å². The molecule has 0 aromatic heterocycles. The molecule has 4 heteroatoms. The number of thioether (sulfide) groups is 1. The second-order valence-corrected chi connectivity index (χ2v) is 7.71. The van der Waals surface area contributed by atoms with Crippen LogP contribution in [0, 0.1) is 0 Å². The van der Waals surface area contributed by atoms with Crippen LogP contribution in [-0.2, 0) is 6.54 Å². The van der Waals surface area contributed by atoms with Gasteiger partial charge in [0.25, 0.3) is 0 Å². The molecule has 21 heavy (non-hydrogen) atoms. The molecule has 0 saturated carbocycles. The van der Waals surface area contributed by atoms with Gasteiger partial charge in [0.05, 0.1) is 6.04 Å². The Bertz CT molecular complexity index is 498. The highest BCUT2D eigenvalue weighted by Crippen LogP contribution is 2.24. The maximum Gasteiger partial charge on any atom is 0.157 e. The lowest BCUT2D eigenvalue weighted by Crippen LogP contribution is -2.40. The maximum absolute atomic E-state index is 4.95. The Morgan fingerprint density at radius 3 is 2.86 bits per heavy atom. The van der Waals surface area contributed by atoms with E-state index in [1.54, 1.807) is 0 Å². The summed E-state index contributed by atoms with van der Waals surface area (Å²) in [5.41, 5.74) is 1.60. The number of rotatable bonds is 3. The molecule has 1 aromatic rings. The van der Waals surface area contributed by atoms with Gasteiger partial charge in [0.15, 0.2) is 5.17 Å². The Labute approximate surface area is 132 Å². The maximum atomic E-state index is 4.95. The minimum absolute atomic E-state index is 0.196. The Hall–Kier alpha value is -1.00. The Morgan fingerprint density at radius 1 is 1.33 bits per heavy atom. The van der Waals surface area contributed by atoms with Gasteiger partial charge in [-0.1, -0.05) is 42.1 Å². The topological polar surface area (TPSA) is 27.6 Å². The molecule has 2 heterocycles. The van der Waals surface area contributed by atoms with Crippen molar-refractivity contribution in [3.05, 3.63) is 35.9 Å². The third kappa shape index (κ3) is 4.24. The number of hydrogen-bond donors (Lipinski definition) is 1. The number of likely N-dealkylation sites (tertiary alicyclic amines) is 1. The molecule has 0 spiro atoms. The monoisotopic (exact) mass is 303 g/mol. The van der Waals surface area contributed by atoms with E-state index in [9.17, 15) is 0 Å².